The van der Waals surface area contributed by atoms with Gasteiger partial charge in [-0.1, -0.05) is 12.1 Å². The van der Waals surface area contributed by atoms with Gasteiger partial charge in [-0.15, -0.1) is 0 Å². The molecular formula is C28H33N3O11S. The number of nitrogens with one attached hydrogen (secondary N) is 1. The fourth-order valence-electron chi connectivity index (χ4n) is 5.92. The van der Waals surface area contributed by atoms with Gasteiger partial charge in [0, 0.05) is 42.0 Å². The third-order valence-corrected chi connectivity index (χ3v) is 8.62. The summed E-state index contributed by atoms with van der Waals surface area (Å²) in [4.78, 5) is 29.4. The van der Waals surface area contributed by atoms with Crippen molar-refractivity contribution in [1.82, 2.24) is 4.83 Å². The van der Waals surface area contributed by atoms with E-state index in [1.807, 2.05) is 4.83 Å². The highest BCUT2D eigenvalue weighted by Crippen LogP contribution is 2.52. The molecule has 6 atom stereocenters. The molecule has 1 fully saturated rings. The van der Waals surface area contributed by atoms with Crippen LogP contribution >= 0.6 is 0 Å². The number of fused-ring (bicyclic) bond motifs is 3. The number of nitrogens with two attached hydrogens (primary N) is 1. The zero-order valence-corrected chi connectivity index (χ0v) is 24.6. The maximum absolute atomic E-state index is 13.8. The second-order valence-electron chi connectivity index (χ2n) is 11.1. The Labute approximate surface area is 247 Å². The highest BCUT2D eigenvalue weighted by Gasteiger charge is 2.49. The van der Waals surface area contributed by atoms with Gasteiger partial charge in [-0.05, 0) is 19.9 Å². The average molecular weight is 620 g/mol. The van der Waals surface area contributed by atoms with Gasteiger partial charge in [-0.2, -0.15) is 5.10 Å². The number of aromatic hydroxyl groups is 2. The van der Waals surface area contributed by atoms with Crippen LogP contribution < -0.4 is 15.3 Å². The van der Waals surface area contributed by atoms with Crippen LogP contribution in [0.5, 0.6) is 17.2 Å². The SMILES string of the molecule is COc1cccc2c1C(=O)c1c(O)c3c(c(O)c1C2=O)CC(O)(C(C)=NNS(C)(=O)=O)CC3OC1CC(N)C(O)C(C)O1. The molecule has 43 heavy (non-hydrogen) atoms. The molecular weight excluding hydrogens is 586 g/mol. The van der Waals surface area contributed by atoms with Gasteiger partial charge in [-0.3, -0.25) is 9.59 Å². The molecule has 0 spiro atoms. The van der Waals surface area contributed by atoms with Crippen molar-refractivity contribution in [3.63, 3.8) is 0 Å². The lowest BCUT2D eigenvalue weighted by molar-refractivity contribution is -0.245. The van der Waals surface area contributed by atoms with E-state index in [0.29, 0.717) is 0 Å². The number of carbonyl (C=O) groups is 2. The highest BCUT2D eigenvalue weighted by atomic mass is 32.2. The topological polar surface area (TPSA) is 227 Å². The summed E-state index contributed by atoms with van der Waals surface area (Å²) >= 11 is 0. The second-order valence-corrected chi connectivity index (χ2v) is 12.9. The van der Waals surface area contributed by atoms with Gasteiger partial charge in [0.1, 0.15) is 22.8 Å². The van der Waals surface area contributed by atoms with Crippen LogP contribution in [0.4, 0.5) is 0 Å². The minimum absolute atomic E-state index is 0.0259. The quantitative estimate of drug-likeness (QED) is 0.125. The minimum atomic E-state index is -3.79. The lowest BCUT2D eigenvalue weighted by atomic mass is 9.72. The number of hydrazone groups is 1. The van der Waals surface area contributed by atoms with E-state index in [1.54, 1.807) is 6.92 Å². The number of benzene rings is 2. The second kappa shape index (κ2) is 10.8. The molecule has 1 heterocycles. The fourth-order valence-corrected chi connectivity index (χ4v) is 6.22. The molecule has 2 aromatic rings. The molecule has 0 aromatic heterocycles. The molecule has 1 aliphatic heterocycles. The average Bonchev–Trinajstić information content (AvgIpc) is 2.94. The molecule has 15 heteroatoms. The number of phenols is 2. The molecule has 232 valence electrons. The predicted octanol–water partition coefficient (Wildman–Crippen LogP) is 0.365. The third-order valence-electron chi connectivity index (χ3n) is 8.20. The van der Waals surface area contributed by atoms with Crippen molar-refractivity contribution >= 4 is 27.3 Å². The summed E-state index contributed by atoms with van der Waals surface area (Å²) in [6, 6.07) is 3.66. The molecule has 2 aliphatic carbocycles. The number of hydrogen-bond donors (Lipinski definition) is 6. The molecule has 14 nitrogen and oxygen atoms in total. The summed E-state index contributed by atoms with van der Waals surface area (Å²) in [5.74, 6) is -2.71. The van der Waals surface area contributed by atoms with Crippen LogP contribution in [-0.2, 0) is 25.9 Å². The van der Waals surface area contributed by atoms with Crippen molar-refractivity contribution in [2.75, 3.05) is 13.4 Å². The standard InChI is InChI=1S/C28H33N3O11S/c1-11-23(32)15(29)8-18(41-11)42-17-10-28(37,12(2)30-31-43(4,38)39)9-14-20(17)27(36)22-21(25(14)34)24(33)13-6-5-7-16(40-3)19(13)26(22)35/h5-7,11,15,17-18,23,31-32,34,36-37H,8-10,29H2,1-4H3. The molecule has 1 saturated heterocycles. The fraction of sp³-hybridized carbons (Fsp3) is 0.464. The minimum Gasteiger partial charge on any atom is -0.507 e. The maximum atomic E-state index is 13.8. The summed E-state index contributed by atoms with van der Waals surface area (Å²) in [5, 5.41) is 49.0. The summed E-state index contributed by atoms with van der Waals surface area (Å²) in [6.45, 7) is 2.95. The number of aliphatic hydroxyl groups is 2. The first-order valence-electron chi connectivity index (χ1n) is 13.4. The predicted molar refractivity (Wildman–Crippen MR) is 151 cm³/mol. The first kappa shape index (κ1) is 30.8. The number of rotatable bonds is 6. The van der Waals surface area contributed by atoms with E-state index >= 15 is 0 Å². The van der Waals surface area contributed by atoms with E-state index < -0.39 is 86.9 Å². The van der Waals surface area contributed by atoms with E-state index in [-0.39, 0.29) is 46.6 Å². The Morgan fingerprint density at radius 2 is 1.84 bits per heavy atom. The smallest absolute Gasteiger partial charge is 0.244 e. The van der Waals surface area contributed by atoms with Crippen molar-refractivity contribution in [3.8, 4) is 17.2 Å². The van der Waals surface area contributed by atoms with Gasteiger partial charge in [0.15, 0.2) is 12.1 Å². The lowest BCUT2D eigenvalue weighted by Crippen LogP contribution is -2.52. The summed E-state index contributed by atoms with van der Waals surface area (Å²) in [7, 11) is -2.47. The van der Waals surface area contributed by atoms with Crippen LogP contribution in [0.2, 0.25) is 0 Å². The molecule has 6 unspecified atom stereocenters. The Balaban J connectivity index is 1.69. The molecule has 2 aromatic carbocycles. The highest BCUT2D eigenvalue weighted by molar-refractivity contribution is 7.88. The first-order valence-corrected chi connectivity index (χ1v) is 15.3. The molecule has 0 saturated carbocycles. The van der Waals surface area contributed by atoms with Gasteiger partial charge in [0.2, 0.25) is 15.8 Å². The molecule has 7 N–H and O–H groups in total. The zero-order chi connectivity index (χ0) is 31.6. The Hall–Kier alpha value is -3.60. The van der Waals surface area contributed by atoms with Crippen LogP contribution in [0, 0.1) is 0 Å². The van der Waals surface area contributed by atoms with Gasteiger partial charge >= 0.3 is 0 Å². The van der Waals surface area contributed by atoms with Crippen LogP contribution in [0.15, 0.2) is 23.3 Å². The van der Waals surface area contributed by atoms with E-state index in [1.165, 1.54) is 32.2 Å². The van der Waals surface area contributed by atoms with E-state index in [0.717, 1.165) is 6.26 Å². The Morgan fingerprint density at radius 1 is 1.16 bits per heavy atom. The van der Waals surface area contributed by atoms with Crippen LogP contribution in [0.1, 0.15) is 75.8 Å². The molecule has 5 rings (SSSR count). The number of ketones is 2. The lowest BCUT2D eigenvalue weighted by Gasteiger charge is -2.42. The number of aliphatic hydroxyl groups excluding tert-OH is 1. The Bertz CT molecular complexity index is 1650. The number of ether oxygens (including phenoxy) is 3. The number of hydrogen-bond acceptors (Lipinski definition) is 13. The number of methoxy groups -OCH3 is 1. The Kier molecular flexibility index (Phi) is 7.77. The largest absolute Gasteiger partial charge is 0.507 e. The normalized spacial score (nSPS) is 29.0. The number of nitrogens with zero attached hydrogens (tertiary/aromatic N) is 1. The Morgan fingerprint density at radius 3 is 2.47 bits per heavy atom. The van der Waals surface area contributed by atoms with Crippen molar-refractivity contribution in [2.45, 2.75) is 69.4 Å². The van der Waals surface area contributed by atoms with E-state index in [9.17, 15) is 38.4 Å². The molecule has 3 aliphatic rings. The van der Waals surface area contributed by atoms with Crippen LogP contribution in [0.3, 0.4) is 0 Å². The van der Waals surface area contributed by atoms with Gasteiger partial charge in [-0.25, -0.2) is 13.2 Å². The van der Waals surface area contributed by atoms with Crippen molar-refractivity contribution < 1.29 is 52.6 Å². The van der Waals surface area contributed by atoms with Crippen LogP contribution in [0.25, 0.3) is 0 Å². The molecule has 0 bridgehead atoms. The van der Waals surface area contributed by atoms with E-state index in [2.05, 4.69) is 5.10 Å². The van der Waals surface area contributed by atoms with Crippen molar-refractivity contribution in [1.29, 1.82) is 0 Å². The monoisotopic (exact) mass is 619 g/mol. The first-order chi connectivity index (χ1) is 20.1. The number of carbonyl (C=O) groups excluding carboxylic acids is 2. The third kappa shape index (κ3) is 5.25. The number of phenolic OH excluding ortho intramolecular Hbond substituents is 2. The van der Waals surface area contributed by atoms with Crippen LogP contribution in [-0.4, -0.2) is 89.6 Å². The van der Waals surface area contributed by atoms with E-state index in [4.69, 9.17) is 19.9 Å². The van der Waals surface area contributed by atoms with Gasteiger partial charge in [0.25, 0.3) is 0 Å². The maximum Gasteiger partial charge on any atom is 0.244 e. The molecule has 0 amide bonds. The van der Waals surface area contributed by atoms with Crippen molar-refractivity contribution in [2.24, 2.45) is 10.8 Å². The summed E-state index contributed by atoms with van der Waals surface area (Å²) < 4.78 is 40.6. The van der Waals surface area contributed by atoms with Gasteiger partial charge in [0.05, 0.1) is 54.1 Å². The van der Waals surface area contributed by atoms with Crippen molar-refractivity contribution in [3.05, 3.63) is 51.6 Å². The summed E-state index contributed by atoms with van der Waals surface area (Å²) in [5.41, 5.74) is 2.79. The zero-order valence-electron chi connectivity index (χ0n) is 23.8. The summed E-state index contributed by atoms with van der Waals surface area (Å²) in [6.07, 6.45) is -3.89. The molecule has 0 radical (unpaired) electrons. The number of sulfonamides is 1. The van der Waals surface area contributed by atoms with Gasteiger partial charge < -0.3 is 40.4 Å².